The second-order valence-electron chi connectivity index (χ2n) is 4.76. The summed E-state index contributed by atoms with van der Waals surface area (Å²) < 4.78 is 0.866. The summed E-state index contributed by atoms with van der Waals surface area (Å²) in [4.78, 5) is 22.7. The third-order valence-corrected chi connectivity index (χ3v) is 4.08. The molecule has 0 bridgehead atoms. The van der Waals surface area contributed by atoms with Crippen LogP contribution in [0.2, 0.25) is 0 Å². The van der Waals surface area contributed by atoms with Crippen LogP contribution in [0.5, 0.6) is 0 Å². The lowest BCUT2D eigenvalue weighted by molar-refractivity contribution is 0.0724. The van der Waals surface area contributed by atoms with Crippen LogP contribution in [0.4, 0.5) is 0 Å². The van der Waals surface area contributed by atoms with Gasteiger partial charge in [-0.3, -0.25) is 14.8 Å². The molecule has 0 aliphatic carbocycles. The third-order valence-electron chi connectivity index (χ3n) is 3.45. The van der Waals surface area contributed by atoms with Crippen molar-refractivity contribution in [3.63, 3.8) is 0 Å². The molecule has 0 atom stereocenters. The maximum Gasteiger partial charge on any atom is 0.255 e. The van der Waals surface area contributed by atoms with E-state index in [4.69, 9.17) is 0 Å². The van der Waals surface area contributed by atoms with Gasteiger partial charge in [-0.25, -0.2) is 0 Å². The summed E-state index contributed by atoms with van der Waals surface area (Å²) in [5.74, 6) is 0.0813. The Morgan fingerprint density at radius 3 is 2.74 bits per heavy atom. The number of pyridine rings is 2. The van der Waals surface area contributed by atoms with Crippen molar-refractivity contribution in [1.29, 1.82) is 0 Å². The van der Waals surface area contributed by atoms with Crippen LogP contribution in [0.3, 0.4) is 0 Å². The average molecular weight is 320 g/mol. The molecule has 0 unspecified atom stereocenters. The van der Waals surface area contributed by atoms with Crippen molar-refractivity contribution in [3.8, 4) is 0 Å². The molecule has 3 heterocycles. The van der Waals surface area contributed by atoms with Gasteiger partial charge in [0.05, 0.1) is 17.3 Å². The Morgan fingerprint density at radius 2 is 1.95 bits per heavy atom. The molecule has 0 aromatic carbocycles. The number of halogens is 1. The number of nitrogens with zero attached hydrogens (tertiary/aromatic N) is 3. The summed E-state index contributed by atoms with van der Waals surface area (Å²) in [6.45, 7) is 1.71. The largest absolute Gasteiger partial charge is 0.339 e. The Balaban J connectivity index is 1.96. The average Bonchev–Trinajstić information content (AvgIpc) is 2.47. The maximum atomic E-state index is 12.4. The molecule has 1 amide bonds. The summed E-state index contributed by atoms with van der Waals surface area (Å²) in [5.41, 5.74) is 1.45. The molecule has 0 radical (unpaired) electrons. The highest BCUT2D eigenvalue weighted by molar-refractivity contribution is 9.10. The summed E-state index contributed by atoms with van der Waals surface area (Å²) in [6.07, 6.45) is 8.49. The quantitative estimate of drug-likeness (QED) is 0.811. The van der Waals surface area contributed by atoms with E-state index in [2.05, 4.69) is 25.9 Å². The van der Waals surface area contributed by atoms with Crippen molar-refractivity contribution >= 4 is 32.7 Å². The second kappa shape index (κ2) is 5.25. The van der Waals surface area contributed by atoms with E-state index < -0.39 is 0 Å². The molecule has 1 aliphatic heterocycles. The highest BCUT2D eigenvalue weighted by atomic mass is 79.9. The molecular formula is C14H14BrN3O. The van der Waals surface area contributed by atoms with Gasteiger partial charge in [0.25, 0.3) is 5.91 Å². The highest BCUT2D eigenvalue weighted by Crippen LogP contribution is 2.23. The van der Waals surface area contributed by atoms with Gasteiger partial charge in [0.2, 0.25) is 0 Å². The predicted molar refractivity (Wildman–Crippen MR) is 77.0 cm³/mol. The zero-order chi connectivity index (χ0) is 13.2. The Bertz CT molecular complexity index is 623. The van der Waals surface area contributed by atoms with Crippen LogP contribution in [0.15, 0.2) is 29.1 Å². The highest BCUT2D eigenvalue weighted by Gasteiger charge is 2.18. The summed E-state index contributed by atoms with van der Waals surface area (Å²) in [5, 5.41) is 0.929. The van der Waals surface area contributed by atoms with Gasteiger partial charge >= 0.3 is 0 Å². The molecule has 1 saturated heterocycles. The predicted octanol–water partition coefficient (Wildman–Crippen LogP) is 3.02. The molecule has 0 saturated carbocycles. The minimum Gasteiger partial charge on any atom is -0.339 e. The van der Waals surface area contributed by atoms with Gasteiger partial charge < -0.3 is 4.90 Å². The van der Waals surface area contributed by atoms with E-state index in [1.54, 1.807) is 18.6 Å². The zero-order valence-corrected chi connectivity index (χ0v) is 12.1. The number of rotatable bonds is 1. The topological polar surface area (TPSA) is 46.1 Å². The maximum absolute atomic E-state index is 12.4. The van der Waals surface area contributed by atoms with Crippen LogP contribution in [0, 0.1) is 0 Å². The molecule has 3 rings (SSSR count). The fraction of sp³-hybridized carbons (Fsp3) is 0.357. The van der Waals surface area contributed by atoms with E-state index >= 15 is 0 Å². The lowest BCUT2D eigenvalue weighted by Gasteiger charge is -2.26. The Labute approximate surface area is 120 Å². The van der Waals surface area contributed by atoms with Gasteiger partial charge in [-0.05, 0) is 41.3 Å². The Kier molecular flexibility index (Phi) is 3.46. The van der Waals surface area contributed by atoms with Gasteiger partial charge in [0, 0.05) is 35.3 Å². The number of carbonyl (C=O) groups excluding carboxylic acids is 1. The van der Waals surface area contributed by atoms with Gasteiger partial charge in [-0.2, -0.15) is 0 Å². The number of amides is 1. The van der Waals surface area contributed by atoms with Crippen LogP contribution in [0.25, 0.3) is 10.9 Å². The van der Waals surface area contributed by atoms with Gasteiger partial charge in [0.15, 0.2) is 0 Å². The minimum absolute atomic E-state index is 0.0813. The second-order valence-corrected chi connectivity index (χ2v) is 5.62. The molecule has 5 heteroatoms. The van der Waals surface area contributed by atoms with E-state index in [-0.39, 0.29) is 5.91 Å². The van der Waals surface area contributed by atoms with Crippen LogP contribution in [-0.2, 0) is 0 Å². The third kappa shape index (κ3) is 2.47. The van der Waals surface area contributed by atoms with E-state index in [1.807, 2.05) is 11.0 Å². The summed E-state index contributed by atoms with van der Waals surface area (Å²) in [7, 11) is 0. The van der Waals surface area contributed by atoms with E-state index in [0.717, 1.165) is 41.3 Å². The van der Waals surface area contributed by atoms with Gasteiger partial charge in [-0.1, -0.05) is 0 Å². The van der Waals surface area contributed by atoms with E-state index in [1.165, 1.54) is 6.42 Å². The molecular weight excluding hydrogens is 306 g/mol. The van der Waals surface area contributed by atoms with E-state index in [9.17, 15) is 4.79 Å². The standard InChI is InChI=1S/C14H14BrN3O/c15-12-8-16-9-13-11(12)6-10(7-17-13)14(19)18-4-2-1-3-5-18/h6-9H,1-5H2. The smallest absolute Gasteiger partial charge is 0.255 e. The first-order valence-corrected chi connectivity index (χ1v) is 7.23. The van der Waals surface area contributed by atoms with Crippen molar-refractivity contribution in [3.05, 3.63) is 34.7 Å². The molecule has 98 valence electrons. The van der Waals surface area contributed by atoms with Crippen LogP contribution < -0.4 is 0 Å². The normalized spacial score (nSPS) is 15.7. The Hall–Kier alpha value is -1.49. The minimum atomic E-state index is 0.0813. The molecule has 2 aromatic rings. The molecule has 0 N–H and O–H groups in total. The van der Waals surface area contributed by atoms with Gasteiger partial charge in [0.1, 0.15) is 0 Å². The molecule has 0 spiro atoms. The van der Waals surface area contributed by atoms with E-state index in [0.29, 0.717) is 5.56 Å². The first kappa shape index (κ1) is 12.5. The van der Waals surface area contributed by atoms with Crippen LogP contribution in [-0.4, -0.2) is 33.9 Å². The number of piperidine rings is 1. The van der Waals surface area contributed by atoms with Crippen molar-refractivity contribution in [2.24, 2.45) is 0 Å². The fourth-order valence-corrected chi connectivity index (χ4v) is 2.84. The molecule has 1 fully saturated rings. The first-order chi connectivity index (χ1) is 9.25. The monoisotopic (exact) mass is 319 g/mol. The van der Waals surface area contributed by atoms with Crippen molar-refractivity contribution in [2.75, 3.05) is 13.1 Å². The number of likely N-dealkylation sites (tertiary alicyclic amines) is 1. The number of hydrogen-bond donors (Lipinski definition) is 0. The van der Waals surface area contributed by atoms with Crippen LogP contribution in [0.1, 0.15) is 29.6 Å². The summed E-state index contributed by atoms with van der Waals surface area (Å²) in [6, 6.07) is 1.89. The molecule has 19 heavy (non-hydrogen) atoms. The van der Waals surface area contributed by atoms with Crippen molar-refractivity contribution in [2.45, 2.75) is 19.3 Å². The van der Waals surface area contributed by atoms with Crippen LogP contribution >= 0.6 is 15.9 Å². The van der Waals surface area contributed by atoms with Gasteiger partial charge in [-0.15, -0.1) is 0 Å². The lowest BCUT2D eigenvalue weighted by atomic mass is 10.1. The number of fused-ring (bicyclic) bond motifs is 1. The molecule has 4 nitrogen and oxygen atoms in total. The zero-order valence-electron chi connectivity index (χ0n) is 10.5. The lowest BCUT2D eigenvalue weighted by Crippen LogP contribution is -2.35. The SMILES string of the molecule is O=C(c1cnc2cncc(Br)c2c1)N1CCCCC1. The number of aromatic nitrogens is 2. The summed E-state index contributed by atoms with van der Waals surface area (Å²) >= 11 is 3.45. The number of hydrogen-bond acceptors (Lipinski definition) is 3. The molecule has 1 aliphatic rings. The molecule has 2 aromatic heterocycles. The van der Waals surface area contributed by atoms with Crippen molar-refractivity contribution in [1.82, 2.24) is 14.9 Å². The first-order valence-electron chi connectivity index (χ1n) is 6.44. The number of carbonyl (C=O) groups is 1. The Morgan fingerprint density at radius 1 is 1.16 bits per heavy atom. The van der Waals surface area contributed by atoms with Crippen molar-refractivity contribution < 1.29 is 4.79 Å². The fourth-order valence-electron chi connectivity index (χ4n) is 2.41.